The molecule has 0 aromatic carbocycles. The Labute approximate surface area is 107 Å². The van der Waals surface area contributed by atoms with Crippen molar-refractivity contribution >= 4 is 29.7 Å². The number of ether oxygens (including phenoxy) is 1. The number of thioether (sulfide) groups is 1. The number of carboxylic acid groups (broad SMARTS) is 1. The Morgan fingerprint density at radius 3 is 2.78 bits per heavy atom. The highest BCUT2D eigenvalue weighted by Crippen LogP contribution is 2.39. The van der Waals surface area contributed by atoms with Crippen LogP contribution in [0.1, 0.15) is 6.92 Å². The fourth-order valence-corrected chi connectivity index (χ4v) is 3.25. The fourth-order valence-electron chi connectivity index (χ4n) is 1.96. The van der Waals surface area contributed by atoms with E-state index in [4.69, 9.17) is 5.11 Å². The van der Waals surface area contributed by atoms with Gasteiger partial charge in [0.1, 0.15) is 17.1 Å². The van der Waals surface area contributed by atoms with Gasteiger partial charge in [-0.15, -0.1) is 11.8 Å². The summed E-state index contributed by atoms with van der Waals surface area (Å²) >= 11 is 1.42. The summed E-state index contributed by atoms with van der Waals surface area (Å²) in [4.78, 5) is 35.3. The SMILES string of the molecule is COC(=O)NC1C(=O)N2C(C(=O)O)=C(C)CSC12. The van der Waals surface area contributed by atoms with Crippen LogP contribution in [-0.2, 0) is 14.3 Å². The van der Waals surface area contributed by atoms with Gasteiger partial charge >= 0.3 is 12.1 Å². The maximum absolute atomic E-state index is 11.9. The van der Waals surface area contributed by atoms with Crippen LogP contribution in [0.3, 0.4) is 0 Å². The lowest BCUT2D eigenvalue weighted by Gasteiger charge is -2.48. The van der Waals surface area contributed by atoms with E-state index < -0.39 is 24.0 Å². The number of hydrogen-bond acceptors (Lipinski definition) is 5. The first-order chi connectivity index (χ1) is 8.47. The highest BCUT2D eigenvalue weighted by molar-refractivity contribution is 8.00. The predicted molar refractivity (Wildman–Crippen MR) is 62.8 cm³/mol. The van der Waals surface area contributed by atoms with Gasteiger partial charge in [-0.2, -0.15) is 0 Å². The summed E-state index contributed by atoms with van der Waals surface area (Å²) in [5.74, 6) is -1.02. The van der Waals surface area contributed by atoms with Gasteiger partial charge in [0.25, 0.3) is 5.91 Å². The zero-order chi connectivity index (χ0) is 13.4. The van der Waals surface area contributed by atoms with Crippen LogP contribution >= 0.6 is 11.8 Å². The van der Waals surface area contributed by atoms with Gasteiger partial charge in [0.2, 0.25) is 0 Å². The third-order valence-corrected chi connectivity index (χ3v) is 4.24. The van der Waals surface area contributed by atoms with Gasteiger partial charge in [-0.05, 0) is 12.5 Å². The van der Waals surface area contributed by atoms with Gasteiger partial charge in [-0.1, -0.05) is 0 Å². The smallest absolute Gasteiger partial charge is 0.407 e. The molecule has 2 amide bonds. The minimum Gasteiger partial charge on any atom is -0.477 e. The van der Waals surface area contributed by atoms with E-state index in [9.17, 15) is 14.4 Å². The molecular weight excluding hydrogens is 260 g/mol. The lowest BCUT2D eigenvalue weighted by molar-refractivity contribution is -0.148. The Balaban J connectivity index is 2.18. The van der Waals surface area contributed by atoms with Crippen LogP contribution in [0.4, 0.5) is 4.79 Å². The first-order valence-corrected chi connectivity index (χ1v) is 6.24. The van der Waals surface area contributed by atoms with Crippen molar-refractivity contribution in [2.24, 2.45) is 0 Å². The van der Waals surface area contributed by atoms with E-state index in [1.807, 2.05) is 0 Å². The number of carbonyl (C=O) groups is 3. The largest absolute Gasteiger partial charge is 0.477 e. The molecule has 2 N–H and O–H groups in total. The monoisotopic (exact) mass is 272 g/mol. The molecule has 2 aliphatic heterocycles. The number of carboxylic acids is 1. The highest BCUT2D eigenvalue weighted by atomic mass is 32.2. The second kappa shape index (κ2) is 4.52. The van der Waals surface area contributed by atoms with Gasteiger partial charge in [-0.3, -0.25) is 9.69 Å². The van der Waals surface area contributed by atoms with E-state index in [1.165, 1.54) is 23.8 Å². The molecule has 2 heterocycles. The van der Waals surface area contributed by atoms with E-state index in [0.29, 0.717) is 11.3 Å². The van der Waals surface area contributed by atoms with Gasteiger partial charge in [0.05, 0.1) is 7.11 Å². The minimum atomic E-state index is -1.12. The molecular formula is C10H12N2O5S. The zero-order valence-electron chi connectivity index (χ0n) is 9.80. The molecule has 0 aromatic heterocycles. The summed E-state index contributed by atoms with van der Waals surface area (Å²) in [5, 5.41) is 11.1. The number of hydrogen-bond donors (Lipinski definition) is 2. The Morgan fingerprint density at radius 2 is 2.22 bits per heavy atom. The number of carbonyl (C=O) groups excluding carboxylic acids is 2. The van der Waals surface area contributed by atoms with Crippen molar-refractivity contribution in [3.8, 4) is 0 Å². The van der Waals surface area contributed by atoms with Crippen LogP contribution in [-0.4, -0.2) is 52.3 Å². The first kappa shape index (κ1) is 12.7. The van der Waals surface area contributed by atoms with E-state index in [0.717, 1.165) is 0 Å². The highest BCUT2D eigenvalue weighted by Gasteiger charge is 2.53. The van der Waals surface area contributed by atoms with E-state index >= 15 is 0 Å². The van der Waals surface area contributed by atoms with E-state index in [-0.39, 0.29) is 11.1 Å². The van der Waals surface area contributed by atoms with Crippen molar-refractivity contribution in [3.63, 3.8) is 0 Å². The third-order valence-electron chi connectivity index (χ3n) is 2.82. The van der Waals surface area contributed by atoms with Crippen molar-refractivity contribution in [1.29, 1.82) is 0 Å². The molecule has 2 unspecified atom stereocenters. The number of nitrogens with zero attached hydrogens (tertiary/aromatic N) is 1. The maximum Gasteiger partial charge on any atom is 0.407 e. The van der Waals surface area contributed by atoms with Crippen molar-refractivity contribution in [2.75, 3.05) is 12.9 Å². The molecule has 0 aliphatic carbocycles. The molecule has 98 valence electrons. The average molecular weight is 272 g/mol. The summed E-state index contributed by atoms with van der Waals surface area (Å²) in [6.07, 6.45) is -0.697. The average Bonchev–Trinajstić information content (AvgIpc) is 2.34. The van der Waals surface area contributed by atoms with Crippen LogP contribution in [0.15, 0.2) is 11.3 Å². The number of aliphatic carboxylic acids is 1. The van der Waals surface area contributed by atoms with Crippen molar-refractivity contribution < 1.29 is 24.2 Å². The van der Waals surface area contributed by atoms with E-state index in [1.54, 1.807) is 6.92 Å². The van der Waals surface area contributed by atoms with Crippen LogP contribution in [0, 0.1) is 0 Å². The standard InChI is InChI=1S/C10H12N2O5S/c1-4-3-18-8-5(11-10(16)17-2)7(13)12(8)6(4)9(14)15/h5,8H,3H2,1-2H3,(H,11,16)(H,14,15). The van der Waals surface area contributed by atoms with Crippen LogP contribution < -0.4 is 5.32 Å². The van der Waals surface area contributed by atoms with Gasteiger partial charge in [-0.25, -0.2) is 9.59 Å². The molecule has 1 saturated heterocycles. The van der Waals surface area contributed by atoms with Crippen LogP contribution in [0.2, 0.25) is 0 Å². The summed E-state index contributed by atoms with van der Waals surface area (Å²) in [7, 11) is 1.21. The number of alkyl carbamates (subject to hydrolysis) is 1. The van der Waals surface area contributed by atoms with E-state index in [2.05, 4.69) is 10.1 Å². The number of methoxy groups -OCH3 is 1. The maximum atomic E-state index is 11.9. The lowest BCUT2D eigenvalue weighted by atomic mass is 10.0. The summed E-state index contributed by atoms with van der Waals surface area (Å²) in [6, 6.07) is -0.718. The molecule has 7 nitrogen and oxygen atoms in total. The molecule has 0 bridgehead atoms. The molecule has 0 radical (unpaired) electrons. The molecule has 0 aromatic rings. The quantitative estimate of drug-likeness (QED) is 0.686. The Kier molecular flexibility index (Phi) is 3.20. The normalized spacial score (nSPS) is 26.3. The van der Waals surface area contributed by atoms with Crippen molar-refractivity contribution in [3.05, 3.63) is 11.3 Å². The molecule has 0 saturated carbocycles. The van der Waals surface area contributed by atoms with Crippen LogP contribution in [0.25, 0.3) is 0 Å². The van der Waals surface area contributed by atoms with Crippen LogP contribution in [0.5, 0.6) is 0 Å². The molecule has 8 heteroatoms. The third kappa shape index (κ3) is 1.82. The summed E-state index contributed by atoms with van der Waals surface area (Å²) < 4.78 is 4.42. The summed E-state index contributed by atoms with van der Waals surface area (Å²) in [5.41, 5.74) is 0.667. The number of fused-ring (bicyclic) bond motifs is 1. The molecule has 2 atom stereocenters. The zero-order valence-corrected chi connectivity index (χ0v) is 10.6. The lowest BCUT2D eigenvalue weighted by Crippen LogP contribution is -2.70. The fraction of sp³-hybridized carbons (Fsp3) is 0.500. The molecule has 2 aliphatic rings. The second-order valence-corrected chi connectivity index (χ2v) is 5.06. The topological polar surface area (TPSA) is 95.9 Å². The number of β-lactam (4-membered cyclic amide) rings is 1. The van der Waals surface area contributed by atoms with Gasteiger partial charge < -0.3 is 15.2 Å². The minimum absolute atomic E-state index is 0.0201. The second-order valence-electron chi connectivity index (χ2n) is 3.96. The molecule has 1 fully saturated rings. The predicted octanol–water partition coefficient (Wildman–Crippen LogP) is -0.0153. The van der Waals surface area contributed by atoms with Gasteiger partial charge in [0.15, 0.2) is 0 Å². The number of amides is 2. The Bertz CT molecular complexity index is 461. The Morgan fingerprint density at radius 1 is 1.56 bits per heavy atom. The number of rotatable bonds is 2. The first-order valence-electron chi connectivity index (χ1n) is 5.19. The molecule has 0 spiro atoms. The molecule has 2 rings (SSSR count). The van der Waals surface area contributed by atoms with Gasteiger partial charge in [0, 0.05) is 5.75 Å². The number of nitrogens with one attached hydrogen (secondary N) is 1. The van der Waals surface area contributed by atoms with Crippen molar-refractivity contribution in [1.82, 2.24) is 10.2 Å². The Hall–Kier alpha value is -1.70. The summed E-state index contributed by atoms with van der Waals surface area (Å²) in [6.45, 7) is 1.68. The molecule has 18 heavy (non-hydrogen) atoms. The van der Waals surface area contributed by atoms with Crippen molar-refractivity contribution in [2.45, 2.75) is 18.3 Å².